The van der Waals surface area contributed by atoms with E-state index in [1.54, 1.807) is 12.5 Å². The monoisotopic (exact) mass is 355 g/mol. The molecule has 0 spiro atoms. The predicted molar refractivity (Wildman–Crippen MR) is 102 cm³/mol. The van der Waals surface area contributed by atoms with E-state index in [0.717, 1.165) is 30.6 Å². The van der Waals surface area contributed by atoms with Crippen molar-refractivity contribution in [2.75, 3.05) is 12.3 Å². The Hall–Kier alpha value is -1.10. The van der Waals surface area contributed by atoms with Crippen LogP contribution >= 0.6 is 12.6 Å². The van der Waals surface area contributed by atoms with E-state index < -0.39 is 0 Å². The van der Waals surface area contributed by atoms with Crippen LogP contribution in [0.15, 0.2) is 23.0 Å². The maximum absolute atomic E-state index is 11.9. The van der Waals surface area contributed by atoms with Gasteiger partial charge in [-0.25, -0.2) is 4.79 Å². The van der Waals surface area contributed by atoms with Crippen LogP contribution in [0.5, 0.6) is 0 Å². The van der Waals surface area contributed by atoms with Crippen molar-refractivity contribution in [3.63, 3.8) is 0 Å². The van der Waals surface area contributed by atoms with E-state index in [9.17, 15) is 4.79 Å². The zero-order valence-electron chi connectivity index (χ0n) is 15.0. The Bertz CT molecular complexity index is 409. The van der Waals surface area contributed by atoms with E-state index in [1.807, 2.05) is 6.07 Å². The van der Waals surface area contributed by atoms with E-state index in [0.29, 0.717) is 6.54 Å². The molecule has 0 saturated carbocycles. The maximum Gasteiger partial charge on any atom is 0.407 e. The zero-order valence-corrected chi connectivity index (χ0v) is 15.9. The van der Waals surface area contributed by atoms with E-state index in [1.165, 1.54) is 44.9 Å². The summed E-state index contributed by atoms with van der Waals surface area (Å²) in [5.41, 5.74) is 0.933. The fraction of sp³-hybridized carbons (Fsp3) is 0.737. The SMILES string of the molecule is CCCCCCCCCCC(OC(=O)NCCCS)c1ccoc1. The number of carbonyl (C=O) groups excluding carboxylic acids is 1. The average molecular weight is 356 g/mol. The molecule has 0 aliphatic rings. The van der Waals surface area contributed by atoms with Crippen molar-refractivity contribution in [2.45, 2.75) is 77.2 Å². The smallest absolute Gasteiger partial charge is 0.407 e. The number of hydrogen-bond acceptors (Lipinski definition) is 4. The number of carbonyl (C=O) groups is 1. The lowest BCUT2D eigenvalue weighted by atomic mass is 10.0. The van der Waals surface area contributed by atoms with Crippen molar-refractivity contribution < 1.29 is 13.9 Å². The molecule has 0 aliphatic heterocycles. The molecule has 1 amide bonds. The molecule has 0 fully saturated rings. The Labute approximate surface area is 152 Å². The van der Waals surface area contributed by atoms with Crippen molar-refractivity contribution in [3.8, 4) is 0 Å². The van der Waals surface area contributed by atoms with Crippen LogP contribution in [-0.4, -0.2) is 18.4 Å². The summed E-state index contributed by atoms with van der Waals surface area (Å²) in [5, 5.41) is 2.77. The minimum Gasteiger partial charge on any atom is -0.472 e. The van der Waals surface area contributed by atoms with Crippen LogP contribution in [0, 0.1) is 0 Å². The zero-order chi connectivity index (χ0) is 17.5. The molecule has 1 aromatic heterocycles. The van der Waals surface area contributed by atoms with Gasteiger partial charge in [-0.05, 0) is 31.1 Å². The number of amides is 1. The van der Waals surface area contributed by atoms with Crippen LogP contribution in [0.2, 0.25) is 0 Å². The maximum atomic E-state index is 11.9. The Kier molecular flexibility index (Phi) is 12.4. The van der Waals surface area contributed by atoms with Crippen molar-refractivity contribution in [1.29, 1.82) is 0 Å². The van der Waals surface area contributed by atoms with Crippen LogP contribution < -0.4 is 5.32 Å². The molecule has 0 aromatic carbocycles. The van der Waals surface area contributed by atoms with Gasteiger partial charge < -0.3 is 14.5 Å². The van der Waals surface area contributed by atoms with Gasteiger partial charge in [-0.2, -0.15) is 12.6 Å². The number of furan rings is 1. The van der Waals surface area contributed by atoms with Gasteiger partial charge >= 0.3 is 6.09 Å². The van der Waals surface area contributed by atoms with Crippen molar-refractivity contribution in [1.82, 2.24) is 5.32 Å². The molecule has 0 radical (unpaired) electrons. The molecule has 5 heteroatoms. The molecule has 0 bridgehead atoms. The molecule has 1 heterocycles. The van der Waals surface area contributed by atoms with E-state index in [4.69, 9.17) is 9.15 Å². The van der Waals surface area contributed by atoms with Gasteiger partial charge in [0.15, 0.2) is 0 Å². The highest BCUT2D eigenvalue weighted by Gasteiger charge is 2.17. The summed E-state index contributed by atoms with van der Waals surface area (Å²) in [5.74, 6) is 0.754. The summed E-state index contributed by atoms with van der Waals surface area (Å²) >= 11 is 4.13. The lowest BCUT2D eigenvalue weighted by Crippen LogP contribution is -2.27. The van der Waals surface area contributed by atoms with Gasteiger partial charge in [-0.1, -0.05) is 51.9 Å². The second-order valence-corrected chi connectivity index (χ2v) is 6.67. The van der Waals surface area contributed by atoms with Gasteiger partial charge in [0.2, 0.25) is 0 Å². The normalized spacial score (nSPS) is 12.1. The predicted octanol–water partition coefficient (Wildman–Crippen LogP) is 5.90. The Morgan fingerprint density at radius 3 is 2.50 bits per heavy atom. The van der Waals surface area contributed by atoms with Crippen LogP contribution in [0.25, 0.3) is 0 Å². The summed E-state index contributed by atoms with van der Waals surface area (Å²) in [6, 6.07) is 1.87. The first-order chi connectivity index (χ1) is 11.8. The Morgan fingerprint density at radius 1 is 1.17 bits per heavy atom. The Morgan fingerprint density at radius 2 is 1.88 bits per heavy atom. The third-order valence-electron chi connectivity index (χ3n) is 4.09. The third kappa shape index (κ3) is 9.91. The molecule has 0 aliphatic carbocycles. The van der Waals surface area contributed by atoms with Gasteiger partial charge in [0.05, 0.1) is 12.5 Å². The first kappa shape index (κ1) is 20.9. The largest absolute Gasteiger partial charge is 0.472 e. The van der Waals surface area contributed by atoms with Crippen molar-refractivity contribution in [2.24, 2.45) is 0 Å². The van der Waals surface area contributed by atoms with Crippen LogP contribution in [0.1, 0.15) is 82.8 Å². The van der Waals surface area contributed by atoms with E-state index in [2.05, 4.69) is 24.9 Å². The molecular formula is C19H33NO3S. The summed E-state index contributed by atoms with van der Waals surface area (Å²) in [6.07, 6.45) is 14.5. The number of ether oxygens (including phenoxy) is 1. The quantitative estimate of drug-likeness (QED) is 0.323. The summed E-state index contributed by atoms with van der Waals surface area (Å²) in [6.45, 7) is 2.84. The molecule has 0 saturated heterocycles. The number of thiol groups is 1. The average Bonchev–Trinajstić information content (AvgIpc) is 3.11. The lowest BCUT2D eigenvalue weighted by molar-refractivity contribution is 0.0905. The topological polar surface area (TPSA) is 51.5 Å². The fourth-order valence-electron chi connectivity index (χ4n) is 2.66. The molecule has 1 atom stereocenters. The first-order valence-corrected chi connectivity index (χ1v) is 9.98. The summed E-state index contributed by atoms with van der Waals surface area (Å²) < 4.78 is 10.7. The standard InChI is InChI=1S/C19H33NO3S/c1-2-3-4-5-6-7-8-9-11-18(17-12-14-22-16-17)23-19(21)20-13-10-15-24/h12,14,16,18,24H,2-11,13,15H2,1H3,(H,20,21). The minimum atomic E-state index is -0.359. The summed E-state index contributed by atoms with van der Waals surface area (Å²) in [4.78, 5) is 11.9. The second kappa shape index (κ2) is 14.3. The van der Waals surface area contributed by atoms with Crippen molar-refractivity contribution in [3.05, 3.63) is 24.2 Å². The highest BCUT2D eigenvalue weighted by molar-refractivity contribution is 7.80. The van der Waals surface area contributed by atoms with Gasteiger partial charge in [0.1, 0.15) is 6.10 Å². The number of nitrogens with one attached hydrogen (secondary N) is 1. The summed E-state index contributed by atoms with van der Waals surface area (Å²) in [7, 11) is 0. The number of alkyl carbamates (subject to hydrolysis) is 1. The molecule has 1 N–H and O–H groups in total. The van der Waals surface area contributed by atoms with E-state index >= 15 is 0 Å². The molecule has 1 rings (SSSR count). The third-order valence-corrected chi connectivity index (χ3v) is 4.40. The van der Waals surface area contributed by atoms with Gasteiger partial charge in [0.25, 0.3) is 0 Å². The van der Waals surface area contributed by atoms with E-state index in [-0.39, 0.29) is 12.2 Å². The molecule has 24 heavy (non-hydrogen) atoms. The Balaban J connectivity index is 2.24. The van der Waals surface area contributed by atoms with Gasteiger partial charge in [-0.15, -0.1) is 0 Å². The minimum absolute atomic E-state index is 0.222. The molecule has 138 valence electrons. The number of hydrogen-bond donors (Lipinski definition) is 2. The fourth-order valence-corrected chi connectivity index (χ4v) is 2.81. The highest BCUT2D eigenvalue weighted by Crippen LogP contribution is 2.25. The first-order valence-electron chi connectivity index (χ1n) is 9.35. The number of rotatable bonds is 14. The van der Waals surface area contributed by atoms with Gasteiger partial charge in [0, 0.05) is 12.1 Å². The molecular weight excluding hydrogens is 322 g/mol. The van der Waals surface area contributed by atoms with Gasteiger partial charge in [-0.3, -0.25) is 0 Å². The second-order valence-electron chi connectivity index (χ2n) is 6.22. The van der Waals surface area contributed by atoms with Crippen LogP contribution in [-0.2, 0) is 4.74 Å². The highest BCUT2D eigenvalue weighted by atomic mass is 32.1. The van der Waals surface area contributed by atoms with Crippen LogP contribution in [0.4, 0.5) is 4.79 Å². The molecule has 1 unspecified atom stereocenters. The number of unbranched alkanes of at least 4 members (excludes halogenated alkanes) is 7. The van der Waals surface area contributed by atoms with Crippen LogP contribution in [0.3, 0.4) is 0 Å². The molecule has 4 nitrogen and oxygen atoms in total. The lowest BCUT2D eigenvalue weighted by Gasteiger charge is -2.17. The molecule has 1 aromatic rings. The van der Waals surface area contributed by atoms with Crippen molar-refractivity contribution >= 4 is 18.7 Å².